The Labute approximate surface area is 80.0 Å². The molecule has 0 radical (unpaired) electrons. The molecule has 0 amide bonds. The summed E-state index contributed by atoms with van der Waals surface area (Å²) >= 11 is 4.44. The van der Waals surface area contributed by atoms with E-state index < -0.39 is 0 Å². The highest BCUT2D eigenvalue weighted by Gasteiger charge is 2.62. The van der Waals surface area contributed by atoms with Gasteiger partial charge < -0.3 is 5.11 Å². The van der Waals surface area contributed by atoms with Crippen molar-refractivity contribution >= 4 is 12.6 Å². The number of hydrogen-bond donors (Lipinski definition) is 2. The number of thiol groups is 1. The van der Waals surface area contributed by atoms with Gasteiger partial charge in [0.1, 0.15) is 0 Å². The van der Waals surface area contributed by atoms with Crippen LogP contribution in [0.15, 0.2) is 0 Å². The highest BCUT2D eigenvalue weighted by molar-refractivity contribution is 7.80. The minimum absolute atomic E-state index is 0.0756. The summed E-state index contributed by atoms with van der Waals surface area (Å²) in [5, 5.41) is 9.91. The van der Waals surface area contributed by atoms with E-state index in [0.29, 0.717) is 0 Å². The van der Waals surface area contributed by atoms with E-state index in [-0.39, 0.29) is 16.9 Å². The number of hydrogen-bond acceptors (Lipinski definition) is 2. The molecule has 1 unspecified atom stereocenters. The molecule has 0 aromatic rings. The Kier molecular flexibility index (Phi) is 1.79. The van der Waals surface area contributed by atoms with Crippen LogP contribution in [0.1, 0.15) is 33.1 Å². The van der Waals surface area contributed by atoms with E-state index in [2.05, 4.69) is 26.5 Å². The van der Waals surface area contributed by atoms with E-state index in [4.69, 9.17) is 0 Å². The van der Waals surface area contributed by atoms with Crippen molar-refractivity contribution in [3.8, 4) is 0 Å². The zero-order valence-corrected chi connectivity index (χ0v) is 8.77. The average Bonchev–Trinajstić information content (AvgIpc) is 2.39. The van der Waals surface area contributed by atoms with Crippen LogP contribution in [0.5, 0.6) is 0 Å². The predicted octanol–water partition coefficient (Wildman–Crippen LogP) is 2.10. The molecule has 2 fully saturated rings. The van der Waals surface area contributed by atoms with Crippen molar-refractivity contribution in [2.75, 3.05) is 5.75 Å². The summed E-state index contributed by atoms with van der Waals surface area (Å²) in [5.74, 6) is 1.64. The lowest BCUT2D eigenvalue weighted by molar-refractivity contribution is 0.0145. The summed E-state index contributed by atoms with van der Waals surface area (Å²) in [6, 6.07) is 0. The van der Waals surface area contributed by atoms with E-state index in [1.165, 1.54) is 12.8 Å². The van der Waals surface area contributed by atoms with Crippen molar-refractivity contribution in [1.29, 1.82) is 0 Å². The van der Waals surface area contributed by atoms with Crippen molar-refractivity contribution in [3.63, 3.8) is 0 Å². The fraction of sp³-hybridized carbons (Fsp3) is 1.00. The lowest BCUT2D eigenvalue weighted by Gasteiger charge is -2.38. The maximum Gasteiger partial charge on any atom is 0.0602 e. The molecule has 12 heavy (non-hydrogen) atoms. The molecule has 1 nitrogen and oxygen atoms in total. The van der Waals surface area contributed by atoms with E-state index in [1.807, 2.05) is 0 Å². The first-order valence-corrected chi connectivity index (χ1v) is 5.47. The minimum atomic E-state index is -0.0756. The topological polar surface area (TPSA) is 20.2 Å². The maximum atomic E-state index is 9.91. The van der Waals surface area contributed by atoms with E-state index in [1.54, 1.807) is 0 Å². The van der Waals surface area contributed by atoms with Crippen LogP contribution >= 0.6 is 12.6 Å². The fourth-order valence-corrected chi connectivity index (χ4v) is 3.93. The first-order chi connectivity index (χ1) is 5.54. The van der Waals surface area contributed by atoms with Crippen molar-refractivity contribution < 1.29 is 5.11 Å². The molecule has 0 spiro atoms. The summed E-state index contributed by atoms with van der Waals surface area (Å²) in [6.45, 7) is 4.54. The smallest absolute Gasteiger partial charge is 0.0602 e. The van der Waals surface area contributed by atoms with Crippen LogP contribution in [0.2, 0.25) is 0 Å². The number of fused-ring (bicyclic) bond motifs is 2. The Morgan fingerprint density at radius 3 is 2.42 bits per heavy atom. The van der Waals surface area contributed by atoms with Crippen LogP contribution in [0.4, 0.5) is 0 Å². The number of rotatable bonds is 1. The Morgan fingerprint density at radius 1 is 1.50 bits per heavy atom. The average molecular weight is 186 g/mol. The molecule has 70 valence electrons. The highest BCUT2D eigenvalue weighted by Crippen LogP contribution is 2.65. The SMILES string of the molecule is CC1(CS)[C@@H]2CC[C@@]1(C)[C@H](O)C2. The van der Waals surface area contributed by atoms with Gasteiger partial charge in [-0.3, -0.25) is 0 Å². The molecule has 0 saturated heterocycles. The molecule has 2 aliphatic carbocycles. The Bertz CT molecular complexity index is 204. The first-order valence-electron chi connectivity index (χ1n) is 4.83. The zero-order chi connectivity index (χ0) is 8.98. The third kappa shape index (κ3) is 0.759. The number of aliphatic hydroxyl groups excluding tert-OH is 1. The normalized spacial score (nSPS) is 58.0. The van der Waals surface area contributed by atoms with Gasteiger partial charge in [0.15, 0.2) is 0 Å². The standard InChI is InChI=1S/C10H18OS/c1-9-4-3-7(5-8(9)11)10(9,2)6-12/h7-8,11-12H,3-6H2,1-2H3/t7-,8-,9+,10?/m1/s1. The van der Waals surface area contributed by atoms with Crippen LogP contribution < -0.4 is 0 Å². The Morgan fingerprint density at radius 2 is 2.17 bits per heavy atom. The summed E-state index contributed by atoms with van der Waals surface area (Å²) in [5.41, 5.74) is 0.439. The van der Waals surface area contributed by atoms with Crippen molar-refractivity contribution in [3.05, 3.63) is 0 Å². The Balaban J connectivity index is 2.38. The fourth-order valence-electron chi connectivity index (χ4n) is 3.31. The number of aliphatic hydroxyl groups is 1. The van der Waals surface area contributed by atoms with Gasteiger partial charge in [-0.2, -0.15) is 12.6 Å². The van der Waals surface area contributed by atoms with Crippen LogP contribution in [0, 0.1) is 16.7 Å². The van der Waals surface area contributed by atoms with Crippen molar-refractivity contribution in [1.82, 2.24) is 0 Å². The van der Waals surface area contributed by atoms with Gasteiger partial charge in [0.05, 0.1) is 6.10 Å². The molecule has 2 heteroatoms. The lowest BCUT2D eigenvalue weighted by atomic mass is 9.70. The molecule has 2 saturated carbocycles. The molecule has 2 bridgehead atoms. The molecule has 0 aromatic heterocycles. The van der Waals surface area contributed by atoms with Gasteiger partial charge in [-0.15, -0.1) is 0 Å². The van der Waals surface area contributed by atoms with E-state index in [0.717, 1.165) is 18.1 Å². The summed E-state index contributed by atoms with van der Waals surface area (Å²) in [6.07, 6.45) is 3.42. The van der Waals surface area contributed by atoms with Gasteiger partial charge in [0, 0.05) is 0 Å². The third-order valence-corrected chi connectivity index (χ3v) is 5.45. The van der Waals surface area contributed by atoms with E-state index >= 15 is 0 Å². The van der Waals surface area contributed by atoms with Gasteiger partial charge in [0.25, 0.3) is 0 Å². The molecular weight excluding hydrogens is 168 g/mol. The summed E-state index contributed by atoms with van der Waals surface area (Å²) in [7, 11) is 0. The van der Waals surface area contributed by atoms with Gasteiger partial charge in [-0.05, 0) is 41.8 Å². The second-order valence-corrected chi connectivity index (χ2v) is 5.30. The van der Waals surface area contributed by atoms with Crippen molar-refractivity contribution in [2.24, 2.45) is 16.7 Å². The molecule has 1 N–H and O–H groups in total. The van der Waals surface area contributed by atoms with Crippen LogP contribution in [-0.4, -0.2) is 17.0 Å². The quantitative estimate of drug-likeness (QED) is 0.601. The first kappa shape index (κ1) is 8.89. The van der Waals surface area contributed by atoms with Gasteiger partial charge in [-0.25, -0.2) is 0 Å². The van der Waals surface area contributed by atoms with Gasteiger partial charge in [0.2, 0.25) is 0 Å². The maximum absolute atomic E-state index is 9.91. The summed E-state index contributed by atoms with van der Waals surface area (Å²) < 4.78 is 0. The van der Waals surface area contributed by atoms with Crippen LogP contribution in [-0.2, 0) is 0 Å². The molecule has 0 aliphatic heterocycles. The molecule has 2 rings (SSSR count). The second-order valence-electron chi connectivity index (χ2n) is 4.98. The van der Waals surface area contributed by atoms with E-state index in [9.17, 15) is 5.11 Å². The Hall–Kier alpha value is 0.310. The highest BCUT2D eigenvalue weighted by atomic mass is 32.1. The molecular formula is C10H18OS. The van der Waals surface area contributed by atoms with Gasteiger partial charge >= 0.3 is 0 Å². The molecule has 2 aliphatic rings. The van der Waals surface area contributed by atoms with Crippen LogP contribution in [0.25, 0.3) is 0 Å². The molecule has 0 heterocycles. The lowest BCUT2D eigenvalue weighted by Crippen LogP contribution is -2.38. The van der Waals surface area contributed by atoms with Gasteiger partial charge in [-0.1, -0.05) is 13.8 Å². The zero-order valence-electron chi connectivity index (χ0n) is 7.88. The monoisotopic (exact) mass is 186 g/mol. The van der Waals surface area contributed by atoms with Crippen molar-refractivity contribution in [2.45, 2.75) is 39.2 Å². The minimum Gasteiger partial charge on any atom is -0.393 e. The summed E-state index contributed by atoms with van der Waals surface area (Å²) in [4.78, 5) is 0. The molecule has 4 atom stereocenters. The van der Waals surface area contributed by atoms with Crippen LogP contribution in [0.3, 0.4) is 0 Å². The largest absolute Gasteiger partial charge is 0.393 e. The molecule has 0 aromatic carbocycles. The third-order valence-electron chi connectivity index (χ3n) is 4.79. The second kappa shape index (κ2) is 2.42. The predicted molar refractivity (Wildman–Crippen MR) is 53.4 cm³/mol.